The molecule has 1 unspecified atom stereocenters. The van der Waals surface area contributed by atoms with Crippen LogP contribution in [0.15, 0.2) is 24.3 Å². The van der Waals surface area contributed by atoms with Gasteiger partial charge in [0.05, 0.1) is 0 Å². The molecule has 7 heteroatoms. The average Bonchev–Trinajstić information content (AvgIpc) is 2.35. The molecule has 0 aliphatic carbocycles. The summed E-state index contributed by atoms with van der Waals surface area (Å²) in [7, 11) is 0. The number of aliphatic hydroxyl groups is 1. The molecule has 0 heterocycles. The number of ether oxygens (including phenoxy) is 1. The van der Waals surface area contributed by atoms with Gasteiger partial charge in [0.15, 0.2) is 0 Å². The molecule has 0 aliphatic heterocycles. The van der Waals surface area contributed by atoms with Crippen LogP contribution in [0.5, 0.6) is 5.75 Å². The van der Waals surface area contributed by atoms with Crippen molar-refractivity contribution in [1.29, 1.82) is 0 Å². The van der Waals surface area contributed by atoms with E-state index < -0.39 is 11.6 Å². The van der Waals surface area contributed by atoms with Gasteiger partial charge in [-0.2, -0.15) is 13.2 Å². The van der Waals surface area contributed by atoms with Crippen LogP contribution in [0.25, 0.3) is 0 Å². The number of aliphatic hydroxyl groups excluding tert-OH is 1. The first-order valence-electron chi connectivity index (χ1n) is 6.16. The number of halogens is 3. The number of hydrogen-bond acceptors (Lipinski definition) is 4. The van der Waals surface area contributed by atoms with Crippen LogP contribution in [-0.2, 0) is 0 Å². The molecular weight excluding hydrogens is 291 g/mol. The van der Waals surface area contributed by atoms with E-state index in [2.05, 4.69) is 5.32 Å². The Morgan fingerprint density at radius 3 is 2.80 bits per heavy atom. The van der Waals surface area contributed by atoms with Gasteiger partial charge < -0.3 is 15.2 Å². The molecular formula is C13H18F3NO2S. The van der Waals surface area contributed by atoms with Crippen LogP contribution < -0.4 is 10.1 Å². The lowest BCUT2D eigenvalue weighted by molar-refractivity contribution is -0.0327. The molecule has 0 spiro atoms. The maximum Gasteiger partial charge on any atom is 0.441 e. The van der Waals surface area contributed by atoms with E-state index in [0.717, 1.165) is 5.56 Å². The molecule has 0 radical (unpaired) electrons. The van der Waals surface area contributed by atoms with Gasteiger partial charge in [-0.3, -0.25) is 0 Å². The van der Waals surface area contributed by atoms with E-state index in [0.29, 0.717) is 5.75 Å². The van der Waals surface area contributed by atoms with Crippen LogP contribution in [-0.4, -0.2) is 42.2 Å². The standard InChI is InChI=1S/C13H18F3NO2S/c1-10-3-2-4-12(7-10)19-9-11(18)8-17-5-6-20-13(14,15)16/h2-4,7,11,17-18H,5-6,8-9H2,1H3. The Labute approximate surface area is 120 Å². The lowest BCUT2D eigenvalue weighted by atomic mass is 10.2. The van der Waals surface area contributed by atoms with Crippen molar-refractivity contribution < 1.29 is 23.0 Å². The number of hydrogen-bond donors (Lipinski definition) is 2. The van der Waals surface area contributed by atoms with Gasteiger partial charge in [-0.25, -0.2) is 0 Å². The topological polar surface area (TPSA) is 41.5 Å². The molecule has 0 aromatic heterocycles. The molecule has 1 rings (SSSR count). The second-order valence-corrected chi connectivity index (χ2v) is 5.44. The third-order valence-electron chi connectivity index (χ3n) is 2.36. The fourth-order valence-electron chi connectivity index (χ4n) is 1.46. The molecule has 0 bridgehead atoms. The minimum Gasteiger partial charge on any atom is -0.491 e. The summed E-state index contributed by atoms with van der Waals surface area (Å²) in [5.74, 6) is 0.589. The minimum absolute atomic E-state index is 0.0744. The maximum absolute atomic E-state index is 11.8. The average molecular weight is 309 g/mol. The Kier molecular flexibility index (Phi) is 7.18. The Morgan fingerprint density at radius 2 is 2.15 bits per heavy atom. The lowest BCUT2D eigenvalue weighted by Crippen LogP contribution is -2.32. The zero-order chi connectivity index (χ0) is 15.0. The fraction of sp³-hybridized carbons (Fsp3) is 0.538. The highest BCUT2D eigenvalue weighted by Crippen LogP contribution is 2.29. The molecule has 1 aromatic rings. The summed E-state index contributed by atoms with van der Waals surface area (Å²) < 4.78 is 40.9. The van der Waals surface area contributed by atoms with E-state index in [1.54, 1.807) is 6.07 Å². The van der Waals surface area contributed by atoms with Crippen molar-refractivity contribution in [2.75, 3.05) is 25.4 Å². The highest BCUT2D eigenvalue weighted by Gasteiger charge is 2.27. The van der Waals surface area contributed by atoms with Gasteiger partial charge in [0.2, 0.25) is 0 Å². The van der Waals surface area contributed by atoms with E-state index in [9.17, 15) is 18.3 Å². The van der Waals surface area contributed by atoms with Crippen molar-refractivity contribution >= 4 is 11.8 Å². The highest BCUT2D eigenvalue weighted by molar-refractivity contribution is 8.00. The SMILES string of the molecule is Cc1cccc(OCC(O)CNCCSC(F)(F)F)c1. The van der Waals surface area contributed by atoms with E-state index in [-0.39, 0.29) is 37.2 Å². The Morgan fingerprint density at radius 1 is 1.40 bits per heavy atom. The number of benzene rings is 1. The Bertz CT molecular complexity index is 401. The molecule has 1 atom stereocenters. The van der Waals surface area contributed by atoms with Crippen molar-refractivity contribution in [2.45, 2.75) is 18.5 Å². The summed E-state index contributed by atoms with van der Waals surface area (Å²) in [6.07, 6.45) is -0.758. The monoisotopic (exact) mass is 309 g/mol. The zero-order valence-corrected chi connectivity index (χ0v) is 11.9. The fourth-order valence-corrected chi connectivity index (χ4v) is 1.94. The number of nitrogens with one attached hydrogen (secondary N) is 1. The first-order valence-corrected chi connectivity index (χ1v) is 7.14. The molecule has 0 saturated heterocycles. The van der Waals surface area contributed by atoms with E-state index in [1.807, 2.05) is 25.1 Å². The number of rotatable bonds is 8. The molecule has 1 aromatic carbocycles. The molecule has 0 aliphatic rings. The summed E-state index contributed by atoms with van der Waals surface area (Å²) in [5, 5.41) is 12.4. The highest BCUT2D eigenvalue weighted by atomic mass is 32.2. The third kappa shape index (κ3) is 8.29. The number of thioether (sulfide) groups is 1. The predicted octanol–water partition coefficient (Wildman–Crippen LogP) is 2.58. The second kappa shape index (κ2) is 8.39. The van der Waals surface area contributed by atoms with Crippen molar-refractivity contribution in [3.63, 3.8) is 0 Å². The Hall–Kier alpha value is -0.920. The first-order chi connectivity index (χ1) is 9.37. The second-order valence-electron chi connectivity index (χ2n) is 4.28. The minimum atomic E-state index is -4.20. The van der Waals surface area contributed by atoms with Crippen molar-refractivity contribution in [1.82, 2.24) is 5.32 Å². The van der Waals surface area contributed by atoms with Gasteiger partial charge in [0, 0.05) is 18.8 Å². The van der Waals surface area contributed by atoms with Crippen LogP contribution in [0, 0.1) is 6.92 Å². The summed E-state index contributed by atoms with van der Waals surface area (Å²) in [6.45, 7) is 2.42. The first kappa shape index (κ1) is 17.1. The molecule has 2 N–H and O–H groups in total. The molecule has 0 fully saturated rings. The van der Waals surface area contributed by atoms with Gasteiger partial charge in [-0.05, 0) is 36.4 Å². The summed E-state index contributed by atoms with van der Waals surface area (Å²) in [4.78, 5) is 0. The van der Waals surface area contributed by atoms with Crippen molar-refractivity contribution in [3.8, 4) is 5.75 Å². The Balaban J connectivity index is 2.10. The third-order valence-corrected chi connectivity index (χ3v) is 3.09. The molecule has 0 amide bonds. The normalized spacial score (nSPS) is 13.2. The largest absolute Gasteiger partial charge is 0.491 e. The van der Waals surface area contributed by atoms with Crippen LogP contribution in [0.3, 0.4) is 0 Å². The van der Waals surface area contributed by atoms with Crippen molar-refractivity contribution in [2.24, 2.45) is 0 Å². The smallest absolute Gasteiger partial charge is 0.441 e. The summed E-state index contributed by atoms with van der Waals surface area (Å²) in [6, 6.07) is 7.42. The van der Waals surface area contributed by atoms with Gasteiger partial charge >= 0.3 is 5.51 Å². The van der Waals surface area contributed by atoms with Gasteiger partial charge in [-0.15, -0.1) is 0 Å². The molecule has 0 saturated carbocycles. The molecule has 114 valence electrons. The van der Waals surface area contributed by atoms with E-state index >= 15 is 0 Å². The summed E-state index contributed by atoms with van der Waals surface area (Å²) in [5.41, 5.74) is -3.14. The lowest BCUT2D eigenvalue weighted by Gasteiger charge is -2.13. The van der Waals surface area contributed by atoms with Crippen molar-refractivity contribution in [3.05, 3.63) is 29.8 Å². The maximum atomic E-state index is 11.8. The van der Waals surface area contributed by atoms with Crippen LogP contribution >= 0.6 is 11.8 Å². The van der Waals surface area contributed by atoms with Crippen LogP contribution in [0.4, 0.5) is 13.2 Å². The zero-order valence-electron chi connectivity index (χ0n) is 11.1. The van der Waals surface area contributed by atoms with Gasteiger partial charge in [-0.1, -0.05) is 12.1 Å². The summed E-state index contributed by atoms with van der Waals surface area (Å²) >= 11 is -0.0783. The number of alkyl halides is 3. The van der Waals surface area contributed by atoms with E-state index in [4.69, 9.17) is 4.74 Å². The molecule has 3 nitrogen and oxygen atoms in total. The van der Waals surface area contributed by atoms with Crippen LogP contribution in [0.2, 0.25) is 0 Å². The van der Waals surface area contributed by atoms with Gasteiger partial charge in [0.25, 0.3) is 0 Å². The van der Waals surface area contributed by atoms with Crippen LogP contribution in [0.1, 0.15) is 5.56 Å². The van der Waals surface area contributed by atoms with E-state index in [1.165, 1.54) is 0 Å². The number of aryl methyl sites for hydroxylation is 1. The predicted molar refractivity (Wildman–Crippen MR) is 74.1 cm³/mol. The molecule has 20 heavy (non-hydrogen) atoms. The van der Waals surface area contributed by atoms with Gasteiger partial charge in [0.1, 0.15) is 18.5 Å². The quantitative estimate of drug-likeness (QED) is 0.724.